The van der Waals surface area contributed by atoms with Gasteiger partial charge in [0, 0.05) is 0 Å². The van der Waals surface area contributed by atoms with Crippen molar-refractivity contribution in [1.82, 2.24) is 0 Å². The molecule has 1 aromatic rings. The van der Waals surface area contributed by atoms with Crippen LogP contribution in [0.4, 0.5) is 0 Å². The fourth-order valence-electron chi connectivity index (χ4n) is 1.84. The van der Waals surface area contributed by atoms with E-state index in [4.69, 9.17) is 0 Å². The number of aryl methyl sites for hydroxylation is 1. The molecular formula is C13H20. The number of hydrogen-bond acceptors (Lipinski definition) is 0. The summed E-state index contributed by atoms with van der Waals surface area (Å²) in [6.45, 7) is 6.76. The standard InChI is InChI=1S/C13H20/c1-4-6-11(2)9-13-8-5-7-12(3)10-13/h5,7-8,10-11H,4,6,9H2,1-3H3/t11-/m0/s1. The molecule has 0 radical (unpaired) electrons. The van der Waals surface area contributed by atoms with E-state index in [2.05, 4.69) is 45.0 Å². The molecule has 0 fully saturated rings. The van der Waals surface area contributed by atoms with Crippen LogP contribution >= 0.6 is 0 Å². The fourth-order valence-corrected chi connectivity index (χ4v) is 1.84. The van der Waals surface area contributed by atoms with Crippen LogP contribution in [0.3, 0.4) is 0 Å². The minimum atomic E-state index is 0.826. The molecule has 72 valence electrons. The molecule has 0 saturated carbocycles. The maximum absolute atomic E-state index is 2.34. The van der Waals surface area contributed by atoms with Crippen LogP contribution in [0.2, 0.25) is 0 Å². The minimum Gasteiger partial charge on any atom is -0.0654 e. The summed E-state index contributed by atoms with van der Waals surface area (Å²) in [5, 5.41) is 0. The molecule has 0 aromatic heterocycles. The Bertz CT molecular complexity index is 250. The molecule has 1 atom stereocenters. The molecule has 0 aliphatic carbocycles. The van der Waals surface area contributed by atoms with E-state index in [0.29, 0.717) is 0 Å². The molecule has 1 rings (SSSR count). The Balaban J connectivity index is 2.53. The van der Waals surface area contributed by atoms with Crippen LogP contribution in [0.5, 0.6) is 0 Å². The summed E-state index contributed by atoms with van der Waals surface area (Å²) in [4.78, 5) is 0. The van der Waals surface area contributed by atoms with Gasteiger partial charge in [0.05, 0.1) is 0 Å². The molecule has 13 heavy (non-hydrogen) atoms. The summed E-state index contributed by atoms with van der Waals surface area (Å²) in [5.74, 6) is 0.826. The molecule has 0 heterocycles. The third-order valence-electron chi connectivity index (χ3n) is 2.45. The van der Waals surface area contributed by atoms with Gasteiger partial charge in [-0.3, -0.25) is 0 Å². The summed E-state index contributed by atoms with van der Waals surface area (Å²) < 4.78 is 0. The van der Waals surface area contributed by atoms with Crippen LogP contribution in [0, 0.1) is 12.8 Å². The van der Waals surface area contributed by atoms with E-state index in [0.717, 1.165) is 5.92 Å². The quantitative estimate of drug-likeness (QED) is 0.651. The Morgan fingerprint density at radius 1 is 1.31 bits per heavy atom. The van der Waals surface area contributed by atoms with Crippen molar-refractivity contribution in [1.29, 1.82) is 0 Å². The Labute approximate surface area is 82.0 Å². The van der Waals surface area contributed by atoms with Gasteiger partial charge in [-0.15, -0.1) is 0 Å². The summed E-state index contributed by atoms with van der Waals surface area (Å²) in [7, 11) is 0. The molecule has 0 aliphatic rings. The zero-order chi connectivity index (χ0) is 9.68. The summed E-state index contributed by atoms with van der Waals surface area (Å²) in [6.07, 6.45) is 3.87. The van der Waals surface area contributed by atoms with E-state index in [1.807, 2.05) is 0 Å². The molecule has 0 saturated heterocycles. The molecule has 0 aliphatic heterocycles. The highest BCUT2D eigenvalue weighted by Gasteiger charge is 2.01. The molecule has 0 bridgehead atoms. The normalized spacial score (nSPS) is 12.8. The van der Waals surface area contributed by atoms with Gasteiger partial charge >= 0.3 is 0 Å². The van der Waals surface area contributed by atoms with Crippen LogP contribution in [0.1, 0.15) is 37.8 Å². The van der Waals surface area contributed by atoms with Gasteiger partial charge in [0.25, 0.3) is 0 Å². The zero-order valence-corrected chi connectivity index (χ0v) is 9.01. The first-order valence-electron chi connectivity index (χ1n) is 5.28. The van der Waals surface area contributed by atoms with E-state index in [1.54, 1.807) is 0 Å². The highest BCUT2D eigenvalue weighted by molar-refractivity contribution is 5.22. The Morgan fingerprint density at radius 3 is 2.69 bits per heavy atom. The summed E-state index contributed by atoms with van der Waals surface area (Å²) >= 11 is 0. The molecule has 0 spiro atoms. The number of benzene rings is 1. The smallest absolute Gasteiger partial charge is 0.0253 e. The largest absolute Gasteiger partial charge is 0.0654 e. The van der Waals surface area contributed by atoms with Crippen molar-refractivity contribution in [3.8, 4) is 0 Å². The molecular weight excluding hydrogens is 156 g/mol. The van der Waals surface area contributed by atoms with Crippen molar-refractivity contribution in [2.24, 2.45) is 5.92 Å². The van der Waals surface area contributed by atoms with Gasteiger partial charge in [0.15, 0.2) is 0 Å². The van der Waals surface area contributed by atoms with Crippen LogP contribution in [-0.4, -0.2) is 0 Å². The third kappa shape index (κ3) is 3.63. The third-order valence-corrected chi connectivity index (χ3v) is 2.45. The predicted molar refractivity (Wildman–Crippen MR) is 59.0 cm³/mol. The lowest BCUT2D eigenvalue weighted by Crippen LogP contribution is -1.98. The predicted octanol–water partition coefficient (Wildman–Crippen LogP) is 3.97. The fraction of sp³-hybridized carbons (Fsp3) is 0.538. The maximum atomic E-state index is 2.34. The van der Waals surface area contributed by atoms with E-state index in [1.165, 1.54) is 30.4 Å². The van der Waals surface area contributed by atoms with Crippen LogP contribution in [0.25, 0.3) is 0 Å². The summed E-state index contributed by atoms with van der Waals surface area (Å²) in [5.41, 5.74) is 2.86. The van der Waals surface area contributed by atoms with Gasteiger partial charge in [0.2, 0.25) is 0 Å². The van der Waals surface area contributed by atoms with E-state index >= 15 is 0 Å². The average molecular weight is 176 g/mol. The maximum Gasteiger partial charge on any atom is -0.0253 e. The van der Waals surface area contributed by atoms with Gasteiger partial charge < -0.3 is 0 Å². The first-order valence-corrected chi connectivity index (χ1v) is 5.28. The molecule has 0 nitrogen and oxygen atoms in total. The van der Waals surface area contributed by atoms with Gasteiger partial charge in [-0.2, -0.15) is 0 Å². The first kappa shape index (κ1) is 10.3. The monoisotopic (exact) mass is 176 g/mol. The highest BCUT2D eigenvalue weighted by atomic mass is 14.1. The van der Waals surface area contributed by atoms with Crippen molar-refractivity contribution in [3.05, 3.63) is 35.4 Å². The molecule has 1 aromatic carbocycles. The lowest BCUT2D eigenvalue weighted by atomic mass is 9.96. The van der Waals surface area contributed by atoms with Crippen LogP contribution < -0.4 is 0 Å². The van der Waals surface area contributed by atoms with E-state index in [9.17, 15) is 0 Å². The highest BCUT2D eigenvalue weighted by Crippen LogP contribution is 2.14. The molecule has 0 N–H and O–H groups in total. The molecule has 0 amide bonds. The second kappa shape index (κ2) is 5.06. The van der Waals surface area contributed by atoms with Crippen molar-refractivity contribution < 1.29 is 0 Å². The average Bonchev–Trinajstić information content (AvgIpc) is 2.04. The van der Waals surface area contributed by atoms with Crippen molar-refractivity contribution in [3.63, 3.8) is 0 Å². The summed E-state index contributed by atoms with van der Waals surface area (Å²) in [6, 6.07) is 8.85. The van der Waals surface area contributed by atoms with Crippen molar-refractivity contribution in [2.45, 2.75) is 40.0 Å². The van der Waals surface area contributed by atoms with Gasteiger partial charge in [-0.25, -0.2) is 0 Å². The Kier molecular flexibility index (Phi) is 4.01. The second-order valence-electron chi connectivity index (χ2n) is 4.09. The first-order chi connectivity index (χ1) is 6.22. The van der Waals surface area contributed by atoms with E-state index in [-0.39, 0.29) is 0 Å². The topological polar surface area (TPSA) is 0 Å². The van der Waals surface area contributed by atoms with Crippen LogP contribution in [0.15, 0.2) is 24.3 Å². The zero-order valence-electron chi connectivity index (χ0n) is 9.01. The number of hydrogen-bond donors (Lipinski definition) is 0. The molecule has 0 unspecified atom stereocenters. The van der Waals surface area contributed by atoms with Gasteiger partial charge in [0.1, 0.15) is 0 Å². The van der Waals surface area contributed by atoms with Crippen LogP contribution in [-0.2, 0) is 6.42 Å². The van der Waals surface area contributed by atoms with Gasteiger partial charge in [-0.1, -0.05) is 56.5 Å². The SMILES string of the molecule is CCC[C@H](C)Cc1cccc(C)c1. The van der Waals surface area contributed by atoms with Crippen molar-refractivity contribution in [2.75, 3.05) is 0 Å². The Hall–Kier alpha value is -0.780. The lowest BCUT2D eigenvalue weighted by molar-refractivity contribution is 0.522. The van der Waals surface area contributed by atoms with Crippen molar-refractivity contribution >= 4 is 0 Å². The van der Waals surface area contributed by atoms with E-state index < -0.39 is 0 Å². The lowest BCUT2D eigenvalue weighted by Gasteiger charge is -2.09. The number of rotatable bonds is 4. The molecule has 0 heteroatoms. The minimum absolute atomic E-state index is 0.826. The van der Waals surface area contributed by atoms with Gasteiger partial charge in [-0.05, 0) is 24.8 Å². The Morgan fingerprint density at radius 2 is 2.08 bits per heavy atom. The second-order valence-corrected chi connectivity index (χ2v) is 4.09.